The molecule has 3 rings (SSSR count). The Hall–Kier alpha value is -3.13. The maximum Gasteiger partial charge on any atom is 0.311 e. The van der Waals surface area contributed by atoms with Crippen LogP contribution in [0.5, 0.6) is 17.2 Å². The molecule has 5 atom stereocenters. The first-order valence-corrected chi connectivity index (χ1v) is 10.7. The van der Waals surface area contributed by atoms with E-state index in [1.54, 1.807) is 36.4 Å². The minimum Gasteiger partial charge on any atom is -0.461 e. The number of nitro benzene ring substituents is 1. The van der Waals surface area contributed by atoms with Crippen LogP contribution in [-0.2, 0) is 14.3 Å². The normalized spacial score (nSPS) is 25.1. The standard InChI is InChI=1S/C24H29NO7/c1-6-20-15(3)16(4)23(29-17(5)26)24(31-20)32-21-12-11-18(13-14(21)2)30-22-10-8-7-9-19(22)25(27)28/h7-13,15-16,20,23-24H,6H2,1-5H3. The summed E-state index contributed by atoms with van der Waals surface area (Å²) in [7, 11) is 0. The molecule has 0 bridgehead atoms. The van der Waals surface area contributed by atoms with Crippen LogP contribution in [0.25, 0.3) is 0 Å². The van der Waals surface area contributed by atoms with E-state index in [9.17, 15) is 14.9 Å². The zero-order valence-corrected chi connectivity index (χ0v) is 18.9. The van der Waals surface area contributed by atoms with Gasteiger partial charge in [-0.05, 0) is 49.1 Å². The minimum atomic E-state index is -0.740. The number of hydrogen-bond donors (Lipinski definition) is 0. The fraction of sp³-hybridized carbons (Fsp3) is 0.458. The molecule has 1 heterocycles. The van der Waals surface area contributed by atoms with E-state index in [4.69, 9.17) is 18.9 Å². The van der Waals surface area contributed by atoms with E-state index >= 15 is 0 Å². The molecule has 172 valence electrons. The van der Waals surface area contributed by atoms with Gasteiger partial charge in [-0.15, -0.1) is 0 Å². The van der Waals surface area contributed by atoms with E-state index in [-0.39, 0.29) is 35.3 Å². The summed E-state index contributed by atoms with van der Waals surface area (Å²) in [5, 5.41) is 11.2. The number of rotatable bonds is 7. The van der Waals surface area contributed by atoms with Crippen LogP contribution in [0.15, 0.2) is 42.5 Å². The minimum absolute atomic E-state index is 0.0108. The summed E-state index contributed by atoms with van der Waals surface area (Å²) < 4.78 is 23.6. The summed E-state index contributed by atoms with van der Waals surface area (Å²) in [6.45, 7) is 9.40. The molecule has 0 aromatic heterocycles. The number of carbonyl (C=O) groups is 1. The molecule has 1 aliphatic heterocycles. The first-order valence-electron chi connectivity index (χ1n) is 10.7. The molecule has 32 heavy (non-hydrogen) atoms. The lowest BCUT2D eigenvalue weighted by molar-refractivity contribution is -0.385. The third-order valence-electron chi connectivity index (χ3n) is 5.89. The zero-order chi connectivity index (χ0) is 23.4. The Morgan fingerprint density at radius 1 is 1.12 bits per heavy atom. The van der Waals surface area contributed by atoms with Gasteiger partial charge in [0.2, 0.25) is 12.0 Å². The average molecular weight is 443 g/mol. The lowest BCUT2D eigenvalue weighted by Crippen LogP contribution is -2.53. The lowest BCUT2D eigenvalue weighted by atomic mass is 9.82. The van der Waals surface area contributed by atoms with Gasteiger partial charge >= 0.3 is 11.7 Å². The van der Waals surface area contributed by atoms with Crippen molar-refractivity contribution in [3.63, 3.8) is 0 Å². The van der Waals surface area contributed by atoms with E-state index in [0.29, 0.717) is 11.5 Å². The van der Waals surface area contributed by atoms with Crippen molar-refractivity contribution < 1.29 is 28.7 Å². The second kappa shape index (κ2) is 9.99. The Balaban J connectivity index is 1.81. The van der Waals surface area contributed by atoms with Crippen LogP contribution in [0.4, 0.5) is 5.69 Å². The zero-order valence-electron chi connectivity index (χ0n) is 18.9. The maximum absolute atomic E-state index is 11.7. The van der Waals surface area contributed by atoms with Crippen LogP contribution in [0.3, 0.4) is 0 Å². The Morgan fingerprint density at radius 2 is 1.84 bits per heavy atom. The molecule has 8 nitrogen and oxygen atoms in total. The summed E-state index contributed by atoms with van der Waals surface area (Å²) in [4.78, 5) is 22.4. The van der Waals surface area contributed by atoms with Gasteiger partial charge in [0.1, 0.15) is 11.5 Å². The number of carbonyl (C=O) groups excluding carboxylic acids is 1. The van der Waals surface area contributed by atoms with Crippen molar-refractivity contribution >= 4 is 11.7 Å². The molecule has 2 aromatic rings. The second-order valence-corrected chi connectivity index (χ2v) is 8.12. The number of benzene rings is 2. The van der Waals surface area contributed by atoms with Gasteiger partial charge in [-0.1, -0.05) is 32.9 Å². The molecule has 2 aromatic carbocycles. The van der Waals surface area contributed by atoms with Crippen molar-refractivity contribution in [1.82, 2.24) is 0 Å². The number of aryl methyl sites for hydroxylation is 1. The van der Waals surface area contributed by atoms with Gasteiger partial charge < -0.3 is 18.9 Å². The van der Waals surface area contributed by atoms with Crippen LogP contribution < -0.4 is 9.47 Å². The molecule has 5 unspecified atom stereocenters. The van der Waals surface area contributed by atoms with E-state index in [1.807, 2.05) is 13.8 Å². The highest BCUT2D eigenvalue weighted by molar-refractivity contribution is 5.66. The van der Waals surface area contributed by atoms with Crippen LogP contribution in [0.1, 0.15) is 39.7 Å². The Bertz CT molecular complexity index is 977. The highest BCUT2D eigenvalue weighted by Gasteiger charge is 2.44. The third kappa shape index (κ3) is 5.19. The molecule has 0 aliphatic carbocycles. The predicted octanol–water partition coefficient (Wildman–Crippen LogP) is 5.41. The SMILES string of the molecule is CCC1OC(Oc2ccc(Oc3ccccc3[N+](=O)[O-])cc2C)C(OC(C)=O)C(C)C1C. The van der Waals surface area contributed by atoms with E-state index in [1.165, 1.54) is 13.0 Å². The fourth-order valence-electron chi connectivity index (χ4n) is 3.94. The number of ether oxygens (including phenoxy) is 4. The van der Waals surface area contributed by atoms with Crippen LogP contribution >= 0.6 is 0 Å². The Kier molecular flexibility index (Phi) is 7.35. The summed E-state index contributed by atoms with van der Waals surface area (Å²) in [6, 6.07) is 11.3. The van der Waals surface area contributed by atoms with Crippen LogP contribution in [0.2, 0.25) is 0 Å². The number of nitrogens with zero attached hydrogens (tertiary/aromatic N) is 1. The van der Waals surface area contributed by atoms with Gasteiger partial charge in [0.15, 0.2) is 6.10 Å². The largest absolute Gasteiger partial charge is 0.461 e. The first-order chi connectivity index (χ1) is 15.2. The molecule has 8 heteroatoms. The quantitative estimate of drug-likeness (QED) is 0.320. The van der Waals surface area contributed by atoms with Crippen molar-refractivity contribution in [2.24, 2.45) is 11.8 Å². The van der Waals surface area contributed by atoms with Crippen LogP contribution in [-0.4, -0.2) is 29.4 Å². The molecule has 0 amide bonds. The highest BCUT2D eigenvalue weighted by atomic mass is 16.7. The number of para-hydroxylation sites is 2. The average Bonchev–Trinajstić information content (AvgIpc) is 2.75. The van der Waals surface area contributed by atoms with Crippen molar-refractivity contribution in [3.8, 4) is 17.2 Å². The van der Waals surface area contributed by atoms with Gasteiger partial charge in [0.05, 0.1) is 11.0 Å². The molecular weight excluding hydrogens is 414 g/mol. The predicted molar refractivity (Wildman–Crippen MR) is 118 cm³/mol. The molecule has 1 aliphatic rings. The molecule has 1 saturated heterocycles. The summed E-state index contributed by atoms with van der Waals surface area (Å²) in [5.74, 6) is 1.04. The van der Waals surface area contributed by atoms with E-state index in [2.05, 4.69) is 13.8 Å². The number of nitro groups is 1. The molecule has 0 spiro atoms. The molecule has 0 radical (unpaired) electrons. The summed E-state index contributed by atoms with van der Waals surface area (Å²) in [6.07, 6.45) is -0.466. The molecule has 1 fully saturated rings. The van der Waals surface area contributed by atoms with E-state index in [0.717, 1.165) is 12.0 Å². The number of esters is 1. The maximum atomic E-state index is 11.7. The van der Waals surface area contributed by atoms with Crippen LogP contribution in [0, 0.1) is 28.9 Å². The van der Waals surface area contributed by atoms with Gasteiger partial charge in [0, 0.05) is 18.9 Å². The van der Waals surface area contributed by atoms with Gasteiger partial charge in [-0.25, -0.2) is 0 Å². The Labute approximate surface area is 187 Å². The smallest absolute Gasteiger partial charge is 0.311 e. The second-order valence-electron chi connectivity index (χ2n) is 8.12. The topological polar surface area (TPSA) is 97.1 Å². The Morgan fingerprint density at radius 3 is 2.47 bits per heavy atom. The van der Waals surface area contributed by atoms with E-state index < -0.39 is 17.3 Å². The lowest BCUT2D eigenvalue weighted by Gasteiger charge is -2.43. The van der Waals surface area contributed by atoms with Crippen molar-refractivity contribution in [2.45, 2.75) is 59.5 Å². The fourth-order valence-corrected chi connectivity index (χ4v) is 3.94. The monoisotopic (exact) mass is 443 g/mol. The van der Waals surface area contributed by atoms with Gasteiger partial charge in [-0.3, -0.25) is 14.9 Å². The molecule has 0 N–H and O–H groups in total. The first kappa shape index (κ1) is 23.5. The van der Waals surface area contributed by atoms with Gasteiger partial charge in [0.25, 0.3) is 0 Å². The highest BCUT2D eigenvalue weighted by Crippen LogP contribution is 2.37. The van der Waals surface area contributed by atoms with Crippen molar-refractivity contribution in [3.05, 3.63) is 58.1 Å². The van der Waals surface area contributed by atoms with Gasteiger partial charge in [-0.2, -0.15) is 0 Å². The molecular formula is C24H29NO7. The summed E-state index contributed by atoms with van der Waals surface area (Å²) >= 11 is 0. The van der Waals surface area contributed by atoms with Crippen molar-refractivity contribution in [2.75, 3.05) is 0 Å². The number of hydrogen-bond acceptors (Lipinski definition) is 7. The molecule has 0 saturated carbocycles. The summed E-state index contributed by atoms with van der Waals surface area (Å²) in [5.41, 5.74) is 0.643. The van der Waals surface area contributed by atoms with Crippen molar-refractivity contribution in [1.29, 1.82) is 0 Å². The third-order valence-corrected chi connectivity index (χ3v) is 5.89.